The molecule has 1 atom stereocenters. The highest BCUT2D eigenvalue weighted by atomic mass is 32.2. The zero-order chi connectivity index (χ0) is 22.5. The minimum absolute atomic E-state index is 0.156. The Morgan fingerprint density at radius 1 is 0.968 bits per heavy atom. The maximum atomic E-state index is 13.2. The Kier molecular flexibility index (Phi) is 7.74. The van der Waals surface area contributed by atoms with Crippen molar-refractivity contribution in [2.75, 3.05) is 19.7 Å². The molecule has 0 bridgehead atoms. The number of sulfonamides is 2. The van der Waals surface area contributed by atoms with Crippen molar-refractivity contribution in [3.8, 4) is 5.75 Å². The molecular weight excluding hydrogens is 436 g/mol. The number of piperidine rings is 1. The molecule has 2 aromatic rings. The average Bonchev–Trinajstić information content (AvgIpc) is 2.75. The van der Waals surface area contributed by atoms with Crippen LogP contribution in [0.1, 0.15) is 38.2 Å². The first-order valence-electron chi connectivity index (χ1n) is 10.5. The molecule has 1 heterocycles. The molecule has 1 aliphatic rings. The van der Waals surface area contributed by atoms with E-state index < -0.39 is 20.0 Å². The summed E-state index contributed by atoms with van der Waals surface area (Å²) in [7, 11) is -7.29. The zero-order valence-electron chi connectivity index (χ0n) is 18.0. The van der Waals surface area contributed by atoms with Crippen LogP contribution in [-0.4, -0.2) is 46.9 Å². The van der Waals surface area contributed by atoms with Crippen molar-refractivity contribution < 1.29 is 21.6 Å². The molecule has 9 heteroatoms. The summed E-state index contributed by atoms with van der Waals surface area (Å²) >= 11 is 0. The molecule has 3 rings (SSSR count). The third-order valence-electron chi connectivity index (χ3n) is 5.42. The van der Waals surface area contributed by atoms with Crippen molar-refractivity contribution >= 4 is 20.0 Å². The fourth-order valence-electron chi connectivity index (χ4n) is 3.75. The highest BCUT2D eigenvalue weighted by molar-refractivity contribution is 7.89. The Labute approximate surface area is 185 Å². The van der Waals surface area contributed by atoms with Crippen LogP contribution in [0.3, 0.4) is 0 Å². The van der Waals surface area contributed by atoms with Crippen LogP contribution in [0.4, 0.5) is 0 Å². The van der Waals surface area contributed by atoms with Crippen molar-refractivity contribution in [3.63, 3.8) is 0 Å². The predicted molar refractivity (Wildman–Crippen MR) is 120 cm³/mol. The normalized spacial score (nSPS) is 18.1. The molecule has 0 amide bonds. The predicted octanol–water partition coefficient (Wildman–Crippen LogP) is 3.31. The van der Waals surface area contributed by atoms with Gasteiger partial charge in [0.2, 0.25) is 20.0 Å². The number of nitrogens with one attached hydrogen (secondary N) is 1. The van der Waals surface area contributed by atoms with E-state index in [1.807, 2.05) is 13.8 Å². The van der Waals surface area contributed by atoms with Gasteiger partial charge in [0, 0.05) is 19.1 Å². The number of ether oxygens (including phenoxy) is 1. The highest BCUT2D eigenvalue weighted by Crippen LogP contribution is 2.27. The SMILES string of the molecule is CCOc1ccc(S(=O)(=O)NCCC2CCCCN2S(=O)(=O)c2ccc(C)cc2)cc1. The molecule has 0 saturated carbocycles. The van der Waals surface area contributed by atoms with Crippen LogP contribution in [0, 0.1) is 6.92 Å². The summed E-state index contributed by atoms with van der Waals surface area (Å²) in [6.07, 6.45) is 2.87. The summed E-state index contributed by atoms with van der Waals surface area (Å²) in [5, 5.41) is 0. The first kappa shape index (κ1) is 23.7. The topological polar surface area (TPSA) is 92.8 Å². The van der Waals surface area contributed by atoms with E-state index in [-0.39, 0.29) is 22.4 Å². The van der Waals surface area contributed by atoms with E-state index in [0.717, 1.165) is 24.8 Å². The Morgan fingerprint density at radius 2 is 1.61 bits per heavy atom. The van der Waals surface area contributed by atoms with E-state index in [0.29, 0.717) is 25.3 Å². The van der Waals surface area contributed by atoms with Gasteiger partial charge in [-0.1, -0.05) is 24.1 Å². The minimum Gasteiger partial charge on any atom is -0.494 e. The standard InChI is InChI=1S/C22H30N2O5S2/c1-3-29-20-9-13-21(14-10-20)30(25,26)23-16-15-19-6-4-5-17-24(19)31(27,28)22-11-7-18(2)8-12-22/h7-14,19,23H,3-6,15-17H2,1-2H3. The number of aryl methyl sites for hydroxylation is 1. The molecule has 2 aromatic carbocycles. The third kappa shape index (κ3) is 5.85. The van der Waals surface area contributed by atoms with Crippen molar-refractivity contribution in [1.82, 2.24) is 9.03 Å². The number of nitrogens with zero attached hydrogens (tertiary/aromatic N) is 1. The number of benzene rings is 2. The lowest BCUT2D eigenvalue weighted by molar-refractivity contribution is 0.242. The van der Waals surface area contributed by atoms with Crippen molar-refractivity contribution in [2.24, 2.45) is 0 Å². The Morgan fingerprint density at radius 3 is 2.26 bits per heavy atom. The Hall–Kier alpha value is -1.94. The van der Waals surface area contributed by atoms with Crippen molar-refractivity contribution in [3.05, 3.63) is 54.1 Å². The number of hydrogen-bond donors (Lipinski definition) is 1. The first-order chi connectivity index (χ1) is 14.7. The van der Waals surface area contributed by atoms with Gasteiger partial charge in [0.1, 0.15) is 5.75 Å². The molecule has 0 aliphatic carbocycles. The van der Waals surface area contributed by atoms with E-state index in [4.69, 9.17) is 4.74 Å². The quantitative estimate of drug-likeness (QED) is 0.612. The fourth-order valence-corrected chi connectivity index (χ4v) is 6.52. The molecule has 1 saturated heterocycles. The van der Waals surface area contributed by atoms with Crippen LogP contribution < -0.4 is 9.46 Å². The lowest BCUT2D eigenvalue weighted by Crippen LogP contribution is -2.45. The molecule has 0 aromatic heterocycles. The molecule has 0 spiro atoms. The van der Waals surface area contributed by atoms with Crippen LogP contribution in [0.15, 0.2) is 58.3 Å². The van der Waals surface area contributed by atoms with Gasteiger partial charge in [-0.3, -0.25) is 0 Å². The summed E-state index contributed by atoms with van der Waals surface area (Å²) in [6.45, 7) is 4.90. The summed E-state index contributed by atoms with van der Waals surface area (Å²) in [4.78, 5) is 0.434. The molecule has 0 radical (unpaired) electrons. The monoisotopic (exact) mass is 466 g/mol. The van der Waals surface area contributed by atoms with Crippen LogP contribution >= 0.6 is 0 Å². The summed E-state index contributed by atoms with van der Waals surface area (Å²) in [5.74, 6) is 0.612. The van der Waals surface area contributed by atoms with E-state index >= 15 is 0 Å². The lowest BCUT2D eigenvalue weighted by atomic mass is 10.0. The number of hydrogen-bond acceptors (Lipinski definition) is 5. The van der Waals surface area contributed by atoms with Crippen LogP contribution in [0.25, 0.3) is 0 Å². The van der Waals surface area contributed by atoms with Crippen LogP contribution in [-0.2, 0) is 20.0 Å². The first-order valence-corrected chi connectivity index (χ1v) is 13.5. The van der Waals surface area contributed by atoms with E-state index in [9.17, 15) is 16.8 Å². The third-order valence-corrected chi connectivity index (χ3v) is 8.86. The smallest absolute Gasteiger partial charge is 0.243 e. The van der Waals surface area contributed by atoms with Crippen LogP contribution in [0.5, 0.6) is 5.75 Å². The zero-order valence-corrected chi connectivity index (χ0v) is 19.6. The molecule has 7 nitrogen and oxygen atoms in total. The second-order valence-corrected chi connectivity index (χ2v) is 11.3. The maximum Gasteiger partial charge on any atom is 0.243 e. The van der Waals surface area contributed by atoms with E-state index in [1.54, 1.807) is 36.4 Å². The van der Waals surface area contributed by atoms with Crippen molar-refractivity contribution in [1.29, 1.82) is 0 Å². The molecular formula is C22H30N2O5S2. The van der Waals surface area contributed by atoms with E-state index in [1.165, 1.54) is 16.4 Å². The second-order valence-electron chi connectivity index (χ2n) is 7.67. The highest BCUT2D eigenvalue weighted by Gasteiger charge is 2.33. The van der Waals surface area contributed by atoms with Gasteiger partial charge in [0.15, 0.2) is 0 Å². The van der Waals surface area contributed by atoms with E-state index in [2.05, 4.69) is 4.72 Å². The van der Waals surface area contributed by atoms with Gasteiger partial charge in [0.25, 0.3) is 0 Å². The van der Waals surface area contributed by atoms with Crippen molar-refractivity contribution in [2.45, 2.75) is 55.4 Å². The van der Waals surface area contributed by atoms with Gasteiger partial charge < -0.3 is 4.74 Å². The van der Waals surface area contributed by atoms with Crippen LogP contribution in [0.2, 0.25) is 0 Å². The van der Waals surface area contributed by atoms with Gasteiger partial charge in [-0.25, -0.2) is 21.6 Å². The Bertz CT molecular complexity index is 1070. The van der Waals surface area contributed by atoms with Gasteiger partial charge in [-0.2, -0.15) is 4.31 Å². The van der Waals surface area contributed by atoms with Gasteiger partial charge in [0.05, 0.1) is 16.4 Å². The minimum atomic E-state index is -3.68. The summed E-state index contributed by atoms with van der Waals surface area (Å²) < 4.78 is 61.0. The maximum absolute atomic E-state index is 13.2. The average molecular weight is 467 g/mol. The van der Waals surface area contributed by atoms with Gasteiger partial charge in [-0.15, -0.1) is 0 Å². The molecule has 1 fully saturated rings. The largest absolute Gasteiger partial charge is 0.494 e. The second kappa shape index (κ2) is 10.1. The molecule has 1 unspecified atom stereocenters. The summed E-state index contributed by atoms with van der Waals surface area (Å²) in [5.41, 5.74) is 0.998. The lowest BCUT2D eigenvalue weighted by Gasteiger charge is -2.34. The number of rotatable bonds is 9. The fraction of sp³-hybridized carbons (Fsp3) is 0.455. The Balaban J connectivity index is 1.65. The molecule has 1 aliphatic heterocycles. The van der Waals surface area contributed by atoms with Gasteiger partial charge >= 0.3 is 0 Å². The molecule has 170 valence electrons. The summed E-state index contributed by atoms with van der Waals surface area (Å²) in [6, 6.07) is 12.8. The molecule has 31 heavy (non-hydrogen) atoms. The van der Waals surface area contributed by atoms with Gasteiger partial charge in [-0.05, 0) is 69.5 Å². The molecule has 1 N–H and O–H groups in total.